The fraction of sp³-hybridized carbons (Fsp3) is 0.917. The first kappa shape index (κ1) is 10.2. The lowest BCUT2D eigenvalue weighted by molar-refractivity contribution is -0.124. The number of aliphatic hydroxyl groups excluding tert-OH is 1. The molecule has 0 aromatic carbocycles. The lowest BCUT2D eigenvalue weighted by Crippen LogP contribution is -2.41. The van der Waals surface area contributed by atoms with Crippen molar-refractivity contribution >= 4 is 5.78 Å². The van der Waals surface area contributed by atoms with Crippen LogP contribution in [0.15, 0.2) is 0 Å². The number of aliphatic hydroxyl groups is 1. The van der Waals surface area contributed by atoms with Gasteiger partial charge in [0.2, 0.25) is 0 Å². The molecule has 2 aliphatic rings. The van der Waals surface area contributed by atoms with Crippen molar-refractivity contribution in [2.24, 2.45) is 17.3 Å². The molecule has 0 heterocycles. The minimum atomic E-state index is -0.175. The summed E-state index contributed by atoms with van der Waals surface area (Å²) in [7, 11) is 0. The lowest BCUT2D eigenvalue weighted by Gasteiger charge is -2.42. The van der Waals surface area contributed by atoms with Crippen molar-refractivity contribution < 1.29 is 9.90 Å². The molecule has 2 rings (SSSR count). The Labute approximate surface area is 85.7 Å². The molecule has 4 unspecified atom stereocenters. The van der Waals surface area contributed by atoms with Gasteiger partial charge >= 0.3 is 0 Å². The van der Waals surface area contributed by atoms with E-state index in [2.05, 4.69) is 6.92 Å². The first-order chi connectivity index (χ1) is 6.55. The first-order valence-corrected chi connectivity index (χ1v) is 5.74. The van der Waals surface area contributed by atoms with Crippen molar-refractivity contribution in [1.29, 1.82) is 0 Å². The molecule has 0 aromatic rings. The summed E-state index contributed by atoms with van der Waals surface area (Å²) < 4.78 is 0. The van der Waals surface area contributed by atoms with Crippen molar-refractivity contribution in [2.75, 3.05) is 0 Å². The average molecular weight is 196 g/mol. The number of fused-ring (bicyclic) bond motifs is 1. The van der Waals surface area contributed by atoms with Crippen molar-refractivity contribution in [1.82, 2.24) is 0 Å². The SMILES string of the molecule is CC(=O)C1CCC2(C)C(O)CCCC12. The number of rotatable bonds is 1. The van der Waals surface area contributed by atoms with Crippen molar-refractivity contribution in [3.8, 4) is 0 Å². The van der Waals surface area contributed by atoms with Crippen LogP contribution in [-0.2, 0) is 4.79 Å². The van der Waals surface area contributed by atoms with E-state index in [-0.39, 0.29) is 17.4 Å². The van der Waals surface area contributed by atoms with Gasteiger partial charge in [0.1, 0.15) is 5.78 Å². The molecule has 4 atom stereocenters. The van der Waals surface area contributed by atoms with Gasteiger partial charge in [0.15, 0.2) is 0 Å². The number of carbonyl (C=O) groups excluding carboxylic acids is 1. The summed E-state index contributed by atoms with van der Waals surface area (Å²) in [5.41, 5.74) is 0.0363. The second-order valence-electron chi connectivity index (χ2n) is 5.31. The monoisotopic (exact) mass is 196 g/mol. The number of Topliss-reactive ketones (excluding diaryl/α,β-unsaturated/α-hetero) is 1. The Morgan fingerprint density at radius 1 is 1.36 bits per heavy atom. The quantitative estimate of drug-likeness (QED) is 0.697. The highest BCUT2D eigenvalue weighted by Gasteiger charge is 2.51. The van der Waals surface area contributed by atoms with Gasteiger partial charge in [-0.2, -0.15) is 0 Å². The van der Waals surface area contributed by atoms with Gasteiger partial charge in [0, 0.05) is 5.92 Å². The molecule has 0 aromatic heterocycles. The molecule has 0 bridgehead atoms. The predicted octanol–water partition coefficient (Wildman–Crippen LogP) is 2.15. The lowest BCUT2D eigenvalue weighted by atomic mass is 9.65. The maximum atomic E-state index is 11.5. The van der Waals surface area contributed by atoms with Gasteiger partial charge in [-0.05, 0) is 43.9 Å². The number of ketones is 1. The maximum Gasteiger partial charge on any atom is 0.133 e. The summed E-state index contributed by atoms with van der Waals surface area (Å²) in [6.07, 6.45) is 5.00. The van der Waals surface area contributed by atoms with Gasteiger partial charge in [-0.25, -0.2) is 0 Å². The highest BCUT2D eigenvalue weighted by atomic mass is 16.3. The molecule has 2 nitrogen and oxygen atoms in total. The normalized spacial score (nSPS) is 47.5. The molecule has 0 aliphatic heterocycles. The summed E-state index contributed by atoms with van der Waals surface area (Å²) in [4.78, 5) is 11.5. The Kier molecular flexibility index (Phi) is 2.42. The van der Waals surface area contributed by atoms with E-state index in [0.717, 1.165) is 32.1 Å². The molecular weight excluding hydrogens is 176 g/mol. The number of carbonyl (C=O) groups is 1. The fourth-order valence-corrected chi connectivity index (χ4v) is 3.60. The Balaban J connectivity index is 2.22. The van der Waals surface area contributed by atoms with Crippen LogP contribution in [0.4, 0.5) is 0 Å². The molecule has 0 spiro atoms. The standard InChI is InChI=1S/C12H20O2/c1-8(13)9-6-7-12(2)10(9)4-3-5-11(12)14/h9-11,14H,3-7H2,1-2H3. The average Bonchev–Trinajstić information content (AvgIpc) is 2.45. The van der Waals surface area contributed by atoms with E-state index in [1.165, 1.54) is 0 Å². The third kappa shape index (κ3) is 1.31. The van der Waals surface area contributed by atoms with Crippen LogP contribution >= 0.6 is 0 Å². The molecule has 2 fully saturated rings. The highest BCUT2D eigenvalue weighted by Crippen LogP contribution is 2.54. The second kappa shape index (κ2) is 3.34. The van der Waals surface area contributed by atoms with E-state index in [1.807, 2.05) is 0 Å². The molecule has 0 amide bonds. The molecule has 0 saturated heterocycles. The van der Waals surface area contributed by atoms with Crippen LogP contribution in [0.3, 0.4) is 0 Å². The van der Waals surface area contributed by atoms with E-state index < -0.39 is 0 Å². The number of hydrogen-bond acceptors (Lipinski definition) is 2. The Morgan fingerprint density at radius 2 is 2.07 bits per heavy atom. The van der Waals surface area contributed by atoms with Crippen molar-refractivity contribution in [3.05, 3.63) is 0 Å². The van der Waals surface area contributed by atoms with Gasteiger partial charge in [0.05, 0.1) is 6.10 Å². The van der Waals surface area contributed by atoms with Crippen LogP contribution in [0.2, 0.25) is 0 Å². The third-order valence-electron chi connectivity index (χ3n) is 4.60. The second-order valence-corrected chi connectivity index (χ2v) is 5.31. The van der Waals surface area contributed by atoms with Crippen LogP contribution < -0.4 is 0 Å². The third-order valence-corrected chi connectivity index (χ3v) is 4.60. The van der Waals surface area contributed by atoms with Crippen LogP contribution in [0.5, 0.6) is 0 Å². The van der Waals surface area contributed by atoms with Gasteiger partial charge in [-0.15, -0.1) is 0 Å². The summed E-state index contributed by atoms with van der Waals surface area (Å²) >= 11 is 0. The minimum absolute atomic E-state index is 0.0363. The Bertz CT molecular complexity index is 249. The van der Waals surface area contributed by atoms with Crippen LogP contribution in [0.1, 0.15) is 46.0 Å². The topological polar surface area (TPSA) is 37.3 Å². The van der Waals surface area contributed by atoms with Gasteiger partial charge in [0.25, 0.3) is 0 Å². The summed E-state index contributed by atoms with van der Waals surface area (Å²) in [6, 6.07) is 0. The molecule has 0 radical (unpaired) electrons. The fourth-order valence-electron chi connectivity index (χ4n) is 3.60. The summed E-state index contributed by atoms with van der Waals surface area (Å²) in [5.74, 6) is 1.01. The molecule has 2 heteroatoms. The van der Waals surface area contributed by atoms with E-state index in [0.29, 0.717) is 11.7 Å². The van der Waals surface area contributed by atoms with Gasteiger partial charge in [-0.3, -0.25) is 4.79 Å². The summed E-state index contributed by atoms with van der Waals surface area (Å²) in [6.45, 7) is 3.88. The van der Waals surface area contributed by atoms with Gasteiger partial charge < -0.3 is 5.11 Å². The maximum absolute atomic E-state index is 11.5. The minimum Gasteiger partial charge on any atom is -0.393 e. The Morgan fingerprint density at radius 3 is 2.71 bits per heavy atom. The zero-order chi connectivity index (χ0) is 10.3. The molecule has 80 valence electrons. The molecule has 2 saturated carbocycles. The van der Waals surface area contributed by atoms with Crippen LogP contribution in [-0.4, -0.2) is 17.0 Å². The molecule has 14 heavy (non-hydrogen) atoms. The Hall–Kier alpha value is -0.370. The van der Waals surface area contributed by atoms with E-state index >= 15 is 0 Å². The van der Waals surface area contributed by atoms with Crippen LogP contribution in [0.25, 0.3) is 0 Å². The number of hydrogen-bond donors (Lipinski definition) is 1. The van der Waals surface area contributed by atoms with Gasteiger partial charge in [-0.1, -0.05) is 13.3 Å². The zero-order valence-corrected chi connectivity index (χ0v) is 9.12. The first-order valence-electron chi connectivity index (χ1n) is 5.74. The molecule has 2 aliphatic carbocycles. The predicted molar refractivity (Wildman–Crippen MR) is 54.9 cm³/mol. The summed E-state index contributed by atoms with van der Waals surface area (Å²) in [5, 5.41) is 10.0. The molecular formula is C12H20O2. The smallest absolute Gasteiger partial charge is 0.133 e. The molecule has 1 N–H and O–H groups in total. The van der Waals surface area contributed by atoms with E-state index in [1.54, 1.807) is 6.92 Å². The van der Waals surface area contributed by atoms with Crippen LogP contribution in [0, 0.1) is 17.3 Å². The highest BCUT2D eigenvalue weighted by molar-refractivity contribution is 5.79. The van der Waals surface area contributed by atoms with E-state index in [4.69, 9.17) is 0 Å². The largest absolute Gasteiger partial charge is 0.393 e. The van der Waals surface area contributed by atoms with Crippen molar-refractivity contribution in [3.63, 3.8) is 0 Å². The zero-order valence-electron chi connectivity index (χ0n) is 9.12. The van der Waals surface area contributed by atoms with E-state index in [9.17, 15) is 9.90 Å². The van der Waals surface area contributed by atoms with Crippen molar-refractivity contribution in [2.45, 2.75) is 52.1 Å².